The zero-order valence-corrected chi connectivity index (χ0v) is 11.5. The van der Waals surface area contributed by atoms with Gasteiger partial charge in [-0.15, -0.1) is 0 Å². The maximum absolute atomic E-state index is 12.1. The molecule has 0 radical (unpaired) electrons. The average Bonchev–Trinajstić information content (AvgIpc) is 2.50. The third kappa shape index (κ3) is 3.55. The summed E-state index contributed by atoms with van der Waals surface area (Å²) in [6.45, 7) is 5.64. The lowest BCUT2D eigenvalue weighted by Crippen LogP contribution is -2.47. The van der Waals surface area contributed by atoms with E-state index in [2.05, 4.69) is 10.2 Å². The number of nitrogens with zero attached hydrogens (tertiary/aromatic N) is 1. The van der Waals surface area contributed by atoms with Crippen molar-refractivity contribution in [3.63, 3.8) is 0 Å². The van der Waals surface area contributed by atoms with Crippen molar-refractivity contribution in [2.45, 2.75) is 32.5 Å². The second kappa shape index (κ2) is 6.17. The summed E-state index contributed by atoms with van der Waals surface area (Å²) in [7, 11) is 0. The average molecular weight is 262 g/mol. The van der Waals surface area contributed by atoms with Crippen LogP contribution in [0.5, 0.6) is 0 Å². The highest BCUT2D eigenvalue weighted by atomic mass is 16.3. The molecule has 2 atom stereocenters. The number of rotatable bonds is 3. The number of aliphatic hydroxyl groups is 1. The van der Waals surface area contributed by atoms with Crippen LogP contribution in [0, 0.1) is 5.92 Å². The van der Waals surface area contributed by atoms with Crippen molar-refractivity contribution < 1.29 is 9.90 Å². The number of hydrogen-bond donors (Lipinski definition) is 2. The molecule has 0 aromatic heterocycles. The molecule has 1 aromatic carbocycles. The van der Waals surface area contributed by atoms with Gasteiger partial charge in [0.25, 0.3) is 0 Å². The highest BCUT2D eigenvalue weighted by Gasteiger charge is 2.33. The van der Waals surface area contributed by atoms with E-state index in [4.69, 9.17) is 0 Å². The molecular weight excluding hydrogens is 240 g/mol. The summed E-state index contributed by atoms with van der Waals surface area (Å²) in [5, 5.41) is 12.7. The second-order valence-corrected chi connectivity index (χ2v) is 5.50. The van der Waals surface area contributed by atoms with Crippen LogP contribution in [0.4, 0.5) is 0 Å². The van der Waals surface area contributed by atoms with Gasteiger partial charge in [-0.25, -0.2) is 0 Å². The minimum atomic E-state index is -0.503. The van der Waals surface area contributed by atoms with E-state index in [-0.39, 0.29) is 17.9 Å². The highest BCUT2D eigenvalue weighted by molar-refractivity contribution is 5.82. The molecule has 0 unspecified atom stereocenters. The Labute approximate surface area is 114 Å². The van der Waals surface area contributed by atoms with Gasteiger partial charge in [-0.3, -0.25) is 9.69 Å². The van der Waals surface area contributed by atoms with Gasteiger partial charge in [0.1, 0.15) is 0 Å². The molecule has 1 saturated heterocycles. The molecule has 0 aliphatic carbocycles. The van der Waals surface area contributed by atoms with Crippen LogP contribution in [-0.4, -0.2) is 41.1 Å². The highest BCUT2D eigenvalue weighted by Crippen LogP contribution is 2.17. The largest absolute Gasteiger partial charge is 0.390 e. The topological polar surface area (TPSA) is 52.6 Å². The Hall–Kier alpha value is -1.39. The van der Waals surface area contributed by atoms with Crippen LogP contribution in [0.15, 0.2) is 30.3 Å². The molecule has 1 aliphatic heterocycles. The summed E-state index contributed by atoms with van der Waals surface area (Å²) in [4.78, 5) is 14.2. The van der Waals surface area contributed by atoms with Crippen molar-refractivity contribution in [1.82, 2.24) is 10.2 Å². The van der Waals surface area contributed by atoms with Crippen LogP contribution in [0.3, 0.4) is 0 Å². The van der Waals surface area contributed by atoms with Crippen molar-refractivity contribution in [2.75, 3.05) is 13.1 Å². The molecule has 19 heavy (non-hydrogen) atoms. The molecule has 1 heterocycles. The van der Waals surface area contributed by atoms with Crippen LogP contribution in [0.25, 0.3) is 0 Å². The fourth-order valence-electron chi connectivity index (χ4n) is 2.64. The summed E-state index contributed by atoms with van der Waals surface area (Å²) in [5.74, 6) is 0.233. The number of benzene rings is 1. The Morgan fingerprint density at radius 2 is 2.05 bits per heavy atom. The summed E-state index contributed by atoms with van der Waals surface area (Å²) < 4.78 is 0. The number of hydrogen-bond acceptors (Lipinski definition) is 3. The lowest BCUT2D eigenvalue weighted by atomic mass is 10.0. The SMILES string of the molecule is CC(C)[C@@H]1C(=O)NC[C@@H](O)CN1Cc1ccccc1. The minimum absolute atomic E-state index is 0.0162. The monoisotopic (exact) mass is 262 g/mol. The first-order valence-corrected chi connectivity index (χ1v) is 6.81. The predicted molar refractivity (Wildman–Crippen MR) is 74.5 cm³/mol. The molecule has 104 valence electrons. The van der Waals surface area contributed by atoms with Gasteiger partial charge >= 0.3 is 0 Å². The van der Waals surface area contributed by atoms with Gasteiger partial charge in [0.2, 0.25) is 5.91 Å². The van der Waals surface area contributed by atoms with Gasteiger partial charge in [-0.1, -0.05) is 44.2 Å². The fraction of sp³-hybridized carbons (Fsp3) is 0.533. The van der Waals surface area contributed by atoms with E-state index in [0.717, 1.165) is 5.56 Å². The van der Waals surface area contributed by atoms with Gasteiger partial charge in [0.05, 0.1) is 12.1 Å². The van der Waals surface area contributed by atoms with Crippen molar-refractivity contribution in [3.05, 3.63) is 35.9 Å². The van der Waals surface area contributed by atoms with Crippen LogP contribution < -0.4 is 5.32 Å². The quantitative estimate of drug-likeness (QED) is 0.854. The van der Waals surface area contributed by atoms with E-state index >= 15 is 0 Å². The predicted octanol–water partition coefficient (Wildman–Crippen LogP) is 1.00. The van der Waals surface area contributed by atoms with E-state index in [9.17, 15) is 9.90 Å². The van der Waals surface area contributed by atoms with Crippen molar-refractivity contribution in [1.29, 1.82) is 0 Å². The normalized spacial score (nSPS) is 25.2. The second-order valence-electron chi connectivity index (χ2n) is 5.50. The zero-order valence-electron chi connectivity index (χ0n) is 11.5. The molecule has 4 heteroatoms. The molecule has 0 bridgehead atoms. The van der Waals surface area contributed by atoms with Gasteiger partial charge < -0.3 is 10.4 Å². The summed E-state index contributed by atoms with van der Waals surface area (Å²) >= 11 is 0. The van der Waals surface area contributed by atoms with Gasteiger partial charge in [0, 0.05) is 19.6 Å². The van der Waals surface area contributed by atoms with E-state index in [1.165, 1.54) is 0 Å². The third-order valence-electron chi connectivity index (χ3n) is 3.48. The standard InChI is InChI=1S/C15H22N2O2/c1-11(2)14-15(19)16-8-13(18)10-17(14)9-12-6-4-3-5-7-12/h3-7,11,13-14,18H,8-10H2,1-2H3,(H,16,19)/t13-,14-/m1/s1. The summed E-state index contributed by atoms with van der Waals surface area (Å²) in [5.41, 5.74) is 1.16. The van der Waals surface area contributed by atoms with Gasteiger partial charge in [0.15, 0.2) is 0 Å². The Morgan fingerprint density at radius 3 is 2.68 bits per heavy atom. The van der Waals surface area contributed by atoms with Crippen LogP contribution in [0.2, 0.25) is 0 Å². The molecule has 0 spiro atoms. The molecular formula is C15H22N2O2. The zero-order chi connectivity index (χ0) is 13.8. The molecule has 1 aromatic rings. The Balaban J connectivity index is 2.19. The molecule has 1 aliphatic rings. The third-order valence-corrected chi connectivity index (χ3v) is 3.48. The van der Waals surface area contributed by atoms with Crippen molar-refractivity contribution in [3.8, 4) is 0 Å². The molecule has 0 saturated carbocycles. The number of aliphatic hydroxyl groups excluding tert-OH is 1. The lowest BCUT2D eigenvalue weighted by molar-refractivity contribution is -0.127. The van der Waals surface area contributed by atoms with Crippen molar-refractivity contribution >= 4 is 5.91 Å². The number of amides is 1. The first-order chi connectivity index (χ1) is 9.08. The molecule has 1 amide bonds. The number of nitrogens with one attached hydrogen (secondary N) is 1. The lowest BCUT2D eigenvalue weighted by Gasteiger charge is -2.31. The molecule has 4 nitrogen and oxygen atoms in total. The van der Waals surface area contributed by atoms with E-state index in [0.29, 0.717) is 19.6 Å². The van der Waals surface area contributed by atoms with E-state index < -0.39 is 6.10 Å². The maximum Gasteiger partial charge on any atom is 0.237 e. The number of β-amino-alcohol motifs (C(OH)–C–C–N with tert-alkyl or cyclic N) is 1. The smallest absolute Gasteiger partial charge is 0.237 e. The first-order valence-electron chi connectivity index (χ1n) is 6.81. The number of carbonyl (C=O) groups excluding carboxylic acids is 1. The van der Waals surface area contributed by atoms with Crippen LogP contribution in [-0.2, 0) is 11.3 Å². The van der Waals surface area contributed by atoms with Gasteiger partial charge in [-0.05, 0) is 11.5 Å². The fourth-order valence-corrected chi connectivity index (χ4v) is 2.64. The van der Waals surface area contributed by atoms with Crippen LogP contribution >= 0.6 is 0 Å². The Bertz CT molecular complexity index is 419. The van der Waals surface area contributed by atoms with Crippen molar-refractivity contribution in [2.24, 2.45) is 5.92 Å². The van der Waals surface area contributed by atoms with E-state index in [1.807, 2.05) is 44.2 Å². The van der Waals surface area contributed by atoms with E-state index in [1.54, 1.807) is 0 Å². The van der Waals surface area contributed by atoms with Gasteiger partial charge in [-0.2, -0.15) is 0 Å². The molecule has 2 rings (SSSR count). The summed E-state index contributed by atoms with van der Waals surface area (Å²) in [6.07, 6.45) is -0.503. The maximum atomic E-state index is 12.1. The first kappa shape index (κ1) is 14.0. The Morgan fingerprint density at radius 1 is 1.37 bits per heavy atom. The molecule has 2 N–H and O–H groups in total. The number of carbonyl (C=O) groups is 1. The summed E-state index contributed by atoms with van der Waals surface area (Å²) in [6, 6.07) is 9.88. The van der Waals surface area contributed by atoms with Crippen LogP contribution in [0.1, 0.15) is 19.4 Å². The Kier molecular flexibility index (Phi) is 4.56. The minimum Gasteiger partial charge on any atom is -0.390 e. The molecule has 1 fully saturated rings.